The molecule has 20 heavy (non-hydrogen) atoms. The fraction of sp³-hybridized carbons (Fsp3) is 1.00. The van der Waals surface area contributed by atoms with Gasteiger partial charge in [-0.2, -0.15) is 0 Å². The van der Waals surface area contributed by atoms with Crippen molar-refractivity contribution in [2.24, 2.45) is 5.92 Å². The fourth-order valence-electron chi connectivity index (χ4n) is 3.80. The molecule has 118 valence electrons. The minimum atomic E-state index is 0.0692. The summed E-state index contributed by atoms with van der Waals surface area (Å²) in [5.41, 5.74) is 0.0692. The van der Waals surface area contributed by atoms with Crippen LogP contribution < -0.4 is 5.32 Å². The van der Waals surface area contributed by atoms with Crippen molar-refractivity contribution in [2.75, 3.05) is 26.8 Å². The molecule has 2 rings (SSSR count). The largest absolute Gasteiger partial charge is 0.376 e. The number of nitrogens with one attached hydrogen (secondary N) is 1. The quantitative estimate of drug-likeness (QED) is 0.775. The van der Waals surface area contributed by atoms with Gasteiger partial charge in [0, 0.05) is 13.2 Å². The van der Waals surface area contributed by atoms with Gasteiger partial charge in [-0.1, -0.05) is 19.8 Å². The lowest BCUT2D eigenvalue weighted by molar-refractivity contribution is -0.123. The van der Waals surface area contributed by atoms with E-state index in [2.05, 4.69) is 12.2 Å². The van der Waals surface area contributed by atoms with E-state index in [9.17, 15) is 0 Å². The van der Waals surface area contributed by atoms with E-state index < -0.39 is 0 Å². The molecule has 2 aliphatic rings. The highest BCUT2D eigenvalue weighted by atomic mass is 16.5. The van der Waals surface area contributed by atoms with Gasteiger partial charge in [0.25, 0.3) is 0 Å². The van der Waals surface area contributed by atoms with Crippen LogP contribution in [0.5, 0.6) is 0 Å². The zero-order chi connectivity index (χ0) is 14.3. The van der Waals surface area contributed by atoms with E-state index in [-0.39, 0.29) is 5.60 Å². The Kier molecular flexibility index (Phi) is 6.79. The van der Waals surface area contributed by atoms with Gasteiger partial charge in [-0.25, -0.2) is 0 Å². The van der Waals surface area contributed by atoms with Crippen molar-refractivity contribution >= 4 is 0 Å². The van der Waals surface area contributed by atoms with E-state index in [1.165, 1.54) is 57.8 Å². The summed E-state index contributed by atoms with van der Waals surface area (Å²) in [4.78, 5) is 0. The maximum absolute atomic E-state index is 6.39. The molecule has 1 aliphatic heterocycles. The summed E-state index contributed by atoms with van der Waals surface area (Å²) in [5.74, 6) is 0.930. The van der Waals surface area contributed by atoms with Gasteiger partial charge in [-0.15, -0.1) is 0 Å². The van der Waals surface area contributed by atoms with Crippen LogP contribution in [-0.4, -0.2) is 38.5 Å². The Hall–Kier alpha value is -0.120. The summed E-state index contributed by atoms with van der Waals surface area (Å²) in [5, 5.41) is 3.35. The minimum absolute atomic E-state index is 0.0692. The minimum Gasteiger partial charge on any atom is -0.376 e. The third-order valence-electron chi connectivity index (χ3n) is 5.06. The van der Waals surface area contributed by atoms with Crippen LogP contribution in [0.4, 0.5) is 0 Å². The Bertz CT molecular complexity index is 256. The molecule has 0 aromatic rings. The average Bonchev–Trinajstić information content (AvgIpc) is 2.49. The van der Waals surface area contributed by atoms with Crippen LogP contribution in [0.3, 0.4) is 0 Å². The first-order valence-electron chi connectivity index (χ1n) is 8.68. The summed E-state index contributed by atoms with van der Waals surface area (Å²) in [6.45, 7) is 5.00. The third kappa shape index (κ3) is 4.71. The van der Waals surface area contributed by atoms with Crippen molar-refractivity contribution in [3.63, 3.8) is 0 Å². The molecule has 3 nitrogen and oxygen atoms in total. The second-order valence-corrected chi connectivity index (χ2v) is 6.74. The SMILES string of the molecule is CCCC1CCC(CNC)(OCC2CCCCO2)CC1. The van der Waals surface area contributed by atoms with Crippen molar-refractivity contribution in [3.05, 3.63) is 0 Å². The van der Waals surface area contributed by atoms with Crippen molar-refractivity contribution in [1.29, 1.82) is 0 Å². The maximum Gasteiger partial charge on any atom is 0.0808 e. The summed E-state index contributed by atoms with van der Waals surface area (Å²) < 4.78 is 12.2. The zero-order valence-corrected chi connectivity index (χ0v) is 13.5. The number of hydrogen-bond acceptors (Lipinski definition) is 3. The van der Waals surface area contributed by atoms with Gasteiger partial charge in [0.2, 0.25) is 0 Å². The van der Waals surface area contributed by atoms with Gasteiger partial charge in [0.1, 0.15) is 0 Å². The lowest BCUT2D eigenvalue weighted by atomic mass is 9.77. The first-order chi connectivity index (χ1) is 9.78. The third-order valence-corrected chi connectivity index (χ3v) is 5.06. The lowest BCUT2D eigenvalue weighted by Crippen LogP contribution is -2.46. The molecule has 2 fully saturated rings. The molecule has 0 amide bonds. The highest BCUT2D eigenvalue weighted by Crippen LogP contribution is 2.37. The second-order valence-electron chi connectivity index (χ2n) is 6.74. The molecule has 1 saturated carbocycles. The topological polar surface area (TPSA) is 30.5 Å². The molecule has 0 radical (unpaired) electrons. The predicted molar refractivity (Wildman–Crippen MR) is 83.1 cm³/mol. The molecule has 0 aromatic heterocycles. The number of rotatable bonds is 7. The highest BCUT2D eigenvalue weighted by molar-refractivity contribution is 4.89. The monoisotopic (exact) mass is 283 g/mol. The van der Waals surface area contributed by atoms with E-state index in [0.717, 1.165) is 25.7 Å². The van der Waals surface area contributed by atoms with Crippen LogP contribution in [0.1, 0.15) is 64.7 Å². The van der Waals surface area contributed by atoms with Crippen LogP contribution in [0.2, 0.25) is 0 Å². The van der Waals surface area contributed by atoms with Gasteiger partial charge in [-0.05, 0) is 57.9 Å². The lowest BCUT2D eigenvalue weighted by Gasteiger charge is -2.41. The molecule has 1 atom stereocenters. The first-order valence-corrected chi connectivity index (χ1v) is 8.68. The van der Waals surface area contributed by atoms with Crippen LogP contribution in [0.15, 0.2) is 0 Å². The van der Waals surface area contributed by atoms with E-state index in [4.69, 9.17) is 9.47 Å². The summed E-state index contributed by atoms with van der Waals surface area (Å²) in [6.07, 6.45) is 11.8. The number of ether oxygens (including phenoxy) is 2. The predicted octanol–water partition coefficient (Wildman–Crippen LogP) is 3.52. The van der Waals surface area contributed by atoms with Gasteiger partial charge in [-0.3, -0.25) is 0 Å². The van der Waals surface area contributed by atoms with Gasteiger partial charge < -0.3 is 14.8 Å². The van der Waals surface area contributed by atoms with E-state index in [0.29, 0.717) is 6.10 Å². The van der Waals surface area contributed by atoms with E-state index in [1.54, 1.807) is 0 Å². The zero-order valence-electron chi connectivity index (χ0n) is 13.5. The number of hydrogen-bond donors (Lipinski definition) is 1. The van der Waals surface area contributed by atoms with E-state index >= 15 is 0 Å². The van der Waals surface area contributed by atoms with Gasteiger partial charge in [0.15, 0.2) is 0 Å². The molecular formula is C17H33NO2. The Morgan fingerprint density at radius 3 is 2.60 bits per heavy atom. The Balaban J connectivity index is 1.79. The van der Waals surface area contributed by atoms with Crippen molar-refractivity contribution in [1.82, 2.24) is 5.32 Å². The smallest absolute Gasteiger partial charge is 0.0808 e. The molecule has 1 saturated heterocycles. The summed E-state index contributed by atoms with van der Waals surface area (Å²) in [6, 6.07) is 0. The summed E-state index contributed by atoms with van der Waals surface area (Å²) >= 11 is 0. The maximum atomic E-state index is 6.39. The normalized spacial score (nSPS) is 35.1. The highest BCUT2D eigenvalue weighted by Gasteiger charge is 2.36. The van der Waals surface area contributed by atoms with Crippen LogP contribution in [0.25, 0.3) is 0 Å². The first kappa shape index (κ1) is 16.3. The van der Waals surface area contributed by atoms with Crippen LogP contribution in [-0.2, 0) is 9.47 Å². The average molecular weight is 283 g/mol. The van der Waals surface area contributed by atoms with E-state index in [1.807, 2.05) is 7.05 Å². The molecule has 1 aliphatic carbocycles. The van der Waals surface area contributed by atoms with Crippen molar-refractivity contribution < 1.29 is 9.47 Å². The molecule has 1 unspecified atom stereocenters. The molecular weight excluding hydrogens is 250 g/mol. The van der Waals surface area contributed by atoms with Crippen LogP contribution >= 0.6 is 0 Å². The molecule has 0 bridgehead atoms. The Labute approximate surface area is 124 Å². The Morgan fingerprint density at radius 2 is 2.00 bits per heavy atom. The van der Waals surface area contributed by atoms with Crippen LogP contribution in [0, 0.1) is 5.92 Å². The van der Waals surface area contributed by atoms with Gasteiger partial charge in [0.05, 0.1) is 18.3 Å². The Morgan fingerprint density at radius 1 is 1.20 bits per heavy atom. The number of likely N-dealkylation sites (N-methyl/N-ethyl adjacent to an activating group) is 1. The standard InChI is InChI=1S/C17H33NO2/c1-3-6-15-8-10-17(11-9-15,14-18-2)20-13-16-7-4-5-12-19-16/h15-16,18H,3-14H2,1-2H3. The molecule has 0 spiro atoms. The van der Waals surface area contributed by atoms with Gasteiger partial charge >= 0.3 is 0 Å². The fourth-order valence-corrected chi connectivity index (χ4v) is 3.80. The molecule has 1 N–H and O–H groups in total. The van der Waals surface area contributed by atoms with Crippen molar-refractivity contribution in [2.45, 2.75) is 76.4 Å². The van der Waals surface area contributed by atoms with Crippen molar-refractivity contribution in [3.8, 4) is 0 Å². The molecule has 1 heterocycles. The summed E-state index contributed by atoms with van der Waals surface area (Å²) in [7, 11) is 2.04. The molecule has 0 aromatic carbocycles. The second kappa shape index (κ2) is 8.35. The molecule has 3 heteroatoms.